The van der Waals surface area contributed by atoms with Gasteiger partial charge in [0.15, 0.2) is 5.58 Å². The van der Waals surface area contributed by atoms with Crippen LogP contribution in [0.25, 0.3) is 11.1 Å². The Kier molecular flexibility index (Phi) is 2.90. The van der Waals surface area contributed by atoms with Crippen molar-refractivity contribution < 1.29 is 8.81 Å². The van der Waals surface area contributed by atoms with Crippen LogP contribution in [-0.4, -0.2) is 4.98 Å². The number of nitrogens with one attached hydrogen (secondary N) is 2. The van der Waals surface area contributed by atoms with Crippen molar-refractivity contribution in [2.24, 2.45) is 0 Å². The third kappa shape index (κ3) is 2.23. The molecule has 0 radical (unpaired) electrons. The molecule has 3 rings (SSSR count). The fourth-order valence-corrected chi connectivity index (χ4v) is 2.00. The molecule has 0 aliphatic heterocycles. The van der Waals surface area contributed by atoms with E-state index in [-0.39, 0.29) is 5.82 Å². The van der Waals surface area contributed by atoms with Gasteiger partial charge in [0.2, 0.25) is 0 Å². The SMILES string of the molecule is Nc1cc2oc(=O)[nH]c2cc1NCc1ccccc1F. The van der Waals surface area contributed by atoms with Crippen molar-refractivity contribution in [2.75, 3.05) is 11.1 Å². The van der Waals surface area contributed by atoms with Crippen molar-refractivity contribution in [3.05, 3.63) is 58.3 Å². The van der Waals surface area contributed by atoms with Crippen LogP contribution in [0, 0.1) is 5.82 Å². The van der Waals surface area contributed by atoms with Crippen LogP contribution in [0.3, 0.4) is 0 Å². The molecule has 0 unspecified atom stereocenters. The van der Waals surface area contributed by atoms with E-state index in [0.29, 0.717) is 34.6 Å². The molecule has 0 amide bonds. The Morgan fingerprint density at radius 1 is 1.30 bits per heavy atom. The van der Waals surface area contributed by atoms with Crippen molar-refractivity contribution in [2.45, 2.75) is 6.54 Å². The van der Waals surface area contributed by atoms with Crippen LogP contribution in [0.5, 0.6) is 0 Å². The number of halogens is 1. The zero-order chi connectivity index (χ0) is 14.1. The molecular formula is C14H12FN3O2. The Balaban J connectivity index is 1.89. The third-order valence-electron chi connectivity index (χ3n) is 3.02. The summed E-state index contributed by atoms with van der Waals surface area (Å²) in [5.41, 5.74) is 8.37. The first kappa shape index (κ1) is 12.3. The van der Waals surface area contributed by atoms with Gasteiger partial charge in [-0.1, -0.05) is 18.2 Å². The molecule has 0 aliphatic rings. The van der Waals surface area contributed by atoms with Gasteiger partial charge in [-0.25, -0.2) is 9.18 Å². The average Bonchev–Trinajstić information content (AvgIpc) is 2.76. The van der Waals surface area contributed by atoms with Gasteiger partial charge in [0.1, 0.15) is 5.82 Å². The van der Waals surface area contributed by atoms with E-state index in [9.17, 15) is 9.18 Å². The lowest BCUT2D eigenvalue weighted by Gasteiger charge is -2.09. The Bertz CT molecular complexity index is 823. The molecule has 2 aromatic carbocycles. The fourth-order valence-electron chi connectivity index (χ4n) is 2.00. The zero-order valence-corrected chi connectivity index (χ0v) is 10.4. The first-order chi connectivity index (χ1) is 9.63. The van der Waals surface area contributed by atoms with Crippen LogP contribution >= 0.6 is 0 Å². The van der Waals surface area contributed by atoms with Crippen molar-refractivity contribution >= 4 is 22.5 Å². The van der Waals surface area contributed by atoms with Gasteiger partial charge in [-0.2, -0.15) is 0 Å². The molecule has 0 saturated carbocycles. The van der Waals surface area contributed by atoms with Crippen molar-refractivity contribution in [1.29, 1.82) is 0 Å². The lowest BCUT2D eigenvalue weighted by Crippen LogP contribution is -2.04. The summed E-state index contributed by atoms with van der Waals surface area (Å²) < 4.78 is 18.4. The number of hydrogen-bond donors (Lipinski definition) is 3. The van der Waals surface area contributed by atoms with E-state index in [1.54, 1.807) is 30.3 Å². The molecule has 0 aliphatic carbocycles. The molecule has 0 fully saturated rings. The summed E-state index contributed by atoms with van der Waals surface area (Å²) in [4.78, 5) is 13.6. The summed E-state index contributed by atoms with van der Waals surface area (Å²) in [6.45, 7) is 0.296. The maximum Gasteiger partial charge on any atom is 0.417 e. The van der Waals surface area contributed by atoms with Gasteiger partial charge in [-0.15, -0.1) is 0 Å². The van der Waals surface area contributed by atoms with E-state index in [2.05, 4.69) is 10.3 Å². The highest BCUT2D eigenvalue weighted by Crippen LogP contribution is 2.25. The maximum atomic E-state index is 13.5. The summed E-state index contributed by atoms with van der Waals surface area (Å²) in [7, 11) is 0. The first-order valence-electron chi connectivity index (χ1n) is 6.03. The topological polar surface area (TPSA) is 84.0 Å². The standard InChI is InChI=1S/C14H12FN3O2/c15-9-4-2-1-3-8(9)7-17-11-6-12-13(5-10(11)16)20-14(19)18-12/h1-6,17H,7,16H2,(H,18,19). The number of aromatic nitrogens is 1. The van der Waals surface area contributed by atoms with E-state index in [1.165, 1.54) is 6.07 Å². The van der Waals surface area contributed by atoms with E-state index in [0.717, 1.165) is 0 Å². The lowest BCUT2D eigenvalue weighted by molar-refractivity contribution is 0.555. The largest absolute Gasteiger partial charge is 0.417 e. The highest BCUT2D eigenvalue weighted by atomic mass is 19.1. The Labute approximate surface area is 113 Å². The third-order valence-corrected chi connectivity index (χ3v) is 3.02. The summed E-state index contributed by atoms with van der Waals surface area (Å²) in [6.07, 6.45) is 0. The molecule has 102 valence electrons. The van der Waals surface area contributed by atoms with Crippen molar-refractivity contribution in [3.63, 3.8) is 0 Å². The van der Waals surface area contributed by atoms with Gasteiger partial charge in [-0.05, 0) is 12.1 Å². The summed E-state index contributed by atoms with van der Waals surface area (Å²) in [6, 6.07) is 9.71. The predicted octanol–water partition coefficient (Wildman–Crippen LogP) is 2.45. The van der Waals surface area contributed by atoms with Gasteiger partial charge in [0.25, 0.3) is 0 Å². The predicted molar refractivity (Wildman–Crippen MR) is 75.0 cm³/mol. The smallest absolute Gasteiger partial charge is 0.408 e. The molecule has 1 aromatic heterocycles. The van der Waals surface area contributed by atoms with Gasteiger partial charge >= 0.3 is 5.76 Å². The number of aromatic amines is 1. The molecule has 20 heavy (non-hydrogen) atoms. The number of benzene rings is 2. The van der Waals surface area contributed by atoms with Crippen LogP contribution in [0.1, 0.15) is 5.56 Å². The zero-order valence-electron chi connectivity index (χ0n) is 10.4. The van der Waals surface area contributed by atoms with Crippen molar-refractivity contribution in [3.8, 4) is 0 Å². The number of anilines is 2. The first-order valence-corrected chi connectivity index (χ1v) is 6.03. The van der Waals surface area contributed by atoms with E-state index in [4.69, 9.17) is 10.2 Å². The fraction of sp³-hybridized carbons (Fsp3) is 0.0714. The maximum absolute atomic E-state index is 13.5. The minimum atomic E-state index is -0.536. The number of H-pyrrole nitrogens is 1. The molecule has 6 heteroatoms. The molecule has 0 spiro atoms. The number of rotatable bonds is 3. The number of nitrogens with two attached hydrogens (primary N) is 1. The Morgan fingerprint density at radius 2 is 2.10 bits per heavy atom. The monoisotopic (exact) mass is 273 g/mol. The van der Waals surface area contributed by atoms with E-state index in [1.807, 2.05) is 0 Å². The number of nitrogen functional groups attached to an aromatic ring is 1. The normalized spacial score (nSPS) is 10.8. The van der Waals surface area contributed by atoms with Gasteiger partial charge in [0, 0.05) is 18.2 Å². The second kappa shape index (κ2) is 4.73. The quantitative estimate of drug-likeness (QED) is 0.640. The number of hydrogen-bond acceptors (Lipinski definition) is 4. The summed E-state index contributed by atoms with van der Waals surface area (Å²) in [5, 5.41) is 3.04. The Hall–Kier alpha value is -2.76. The molecule has 4 N–H and O–H groups in total. The van der Waals surface area contributed by atoms with Crippen LogP contribution in [0.2, 0.25) is 0 Å². The molecule has 5 nitrogen and oxygen atoms in total. The van der Waals surface area contributed by atoms with Crippen LogP contribution in [-0.2, 0) is 6.54 Å². The van der Waals surface area contributed by atoms with Crippen LogP contribution in [0.15, 0.2) is 45.6 Å². The highest BCUT2D eigenvalue weighted by Gasteiger charge is 2.07. The molecule has 0 bridgehead atoms. The number of oxazole rings is 1. The van der Waals surface area contributed by atoms with Crippen LogP contribution in [0.4, 0.5) is 15.8 Å². The minimum absolute atomic E-state index is 0.281. The van der Waals surface area contributed by atoms with Crippen LogP contribution < -0.4 is 16.8 Å². The summed E-state index contributed by atoms with van der Waals surface area (Å²) in [5.74, 6) is -0.818. The van der Waals surface area contributed by atoms with Gasteiger partial charge < -0.3 is 15.5 Å². The molecule has 3 aromatic rings. The van der Waals surface area contributed by atoms with Crippen molar-refractivity contribution in [1.82, 2.24) is 4.98 Å². The van der Waals surface area contributed by atoms with E-state index >= 15 is 0 Å². The molecule has 0 saturated heterocycles. The van der Waals surface area contributed by atoms with Gasteiger partial charge in [0.05, 0.1) is 16.9 Å². The number of fused-ring (bicyclic) bond motifs is 1. The van der Waals surface area contributed by atoms with Gasteiger partial charge in [-0.3, -0.25) is 4.98 Å². The van der Waals surface area contributed by atoms with E-state index < -0.39 is 5.76 Å². The average molecular weight is 273 g/mol. The lowest BCUT2D eigenvalue weighted by atomic mass is 10.2. The second-order valence-electron chi connectivity index (χ2n) is 4.40. The molecule has 1 heterocycles. The highest BCUT2D eigenvalue weighted by molar-refractivity contribution is 5.85. The summed E-state index contributed by atoms with van der Waals surface area (Å²) >= 11 is 0. The minimum Gasteiger partial charge on any atom is -0.408 e. The molecular weight excluding hydrogens is 261 g/mol. The molecule has 0 atom stereocenters. The second-order valence-corrected chi connectivity index (χ2v) is 4.40. The Morgan fingerprint density at radius 3 is 2.90 bits per heavy atom.